The number of aromatic amines is 1. The molecule has 2 aromatic heterocycles. The van der Waals surface area contributed by atoms with Gasteiger partial charge in [-0.15, -0.1) is 0 Å². The van der Waals surface area contributed by atoms with E-state index in [1.165, 1.54) is 5.56 Å². The third-order valence-corrected chi connectivity index (χ3v) is 3.82. The van der Waals surface area contributed by atoms with Crippen molar-refractivity contribution in [3.05, 3.63) is 64.5 Å². The molecule has 106 valence electrons. The van der Waals surface area contributed by atoms with Gasteiger partial charge in [-0.3, -0.25) is 10.1 Å². The maximum Gasteiger partial charge on any atom is 0.0715 e. The van der Waals surface area contributed by atoms with Crippen molar-refractivity contribution in [3.8, 4) is 11.3 Å². The lowest BCUT2D eigenvalue weighted by Crippen LogP contribution is -2.01. The summed E-state index contributed by atoms with van der Waals surface area (Å²) in [4.78, 5) is 4.15. The average Bonchev–Trinajstić information content (AvgIpc) is 2.96. The summed E-state index contributed by atoms with van der Waals surface area (Å²) in [6.07, 6.45) is 5.45. The van der Waals surface area contributed by atoms with Gasteiger partial charge in [0.2, 0.25) is 0 Å². The fourth-order valence-corrected chi connectivity index (χ4v) is 2.70. The quantitative estimate of drug-likeness (QED) is 0.748. The van der Waals surface area contributed by atoms with Gasteiger partial charge in [-0.05, 0) is 42.8 Å². The summed E-state index contributed by atoms with van der Waals surface area (Å²) in [7, 11) is 0. The number of hydrogen-bond donors (Lipinski definition) is 2. The highest BCUT2D eigenvalue weighted by molar-refractivity contribution is 9.10. The topological polar surface area (TPSA) is 53.6 Å². The van der Waals surface area contributed by atoms with Gasteiger partial charge < -0.3 is 5.32 Å². The number of halogens is 1. The molecule has 4 nitrogen and oxygen atoms in total. The highest BCUT2D eigenvalue weighted by Gasteiger charge is 2.08. The smallest absolute Gasteiger partial charge is 0.0715 e. The van der Waals surface area contributed by atoms with Crippen LogP contribution in [0.2, 0.25) is 0 Å². The molecule has 0 radical (unpaired) electrons. The number of H-pyrrole nitrogens is 1. The van der Waals surface area contributed by atoms with Crippen LogP contribution in [0.3, 0.4) is 0 Å². The number of anilines is 1. The Hall–Kier alpha value is -2.14. The van der Waals surface area contributed by atoms with Crippen LogP contribution in [0, 0.1) is 6.92 Å². The second-order valence-corrected chi connectivity index (χ2v) is 5.74. The number of hydrogen-bond acceptors (Lipinski definition) is 3. The van der Waals surface area contributed by atoms with Crippen molar-refractivity contribution in [2.24, 2.45) is 0 Å². The third kappa shape index (κ3) is 3.13. The highest BCUT2D eigenvalue weighted by atomic mass is 79.9. The summed E-state index contributed by atoms with van der Waals surface area (Å²) < 4.78 is 1.09. The molecule has 3 aromatic rings. The molecule has 0 aliphatic carbocycles. The van der Waals surface area contributed by atoms with Crippen LogP contribution in [-0.2, 0) is 6.54 Å². The molecule has 0 unspecified atom stereocenters. The van der Waals surface area contributed by atoms with Crippen molar-refractivity contribution in [2.45, 2.75) is 13.5 Å². The van der Waals surface area contributed by atoms with E-state index in [1.54, 1.807) is 6.20 Å². The lowest BCUT2D eigenvalue weighted by Gasteiger charge is -2.10. The van der Waals surface area contributed by atoms with Crippen LogP contribution in [0.5, 0.6) is 0 Å². The molecule has 0 atom stereocenters. The number of nitrogens with one attached hydrogen (secondary N) is 2. The molecule has 1 aromatic carbocycles. The standard InChI is InChI=1S/C16H15BrN4/c1-11-7-14(17)4-5-15(11)19-9-13-10-20-21-16(13)12-3-2-6-18-8-12/h2-8,10,19H,9H2,1H3,(H,20,21). The first-order chi connectivity index (χ1) is 10.2. The van der Waals surface area contributed by atoms with Crippen molar-refractivity contribution >= 4 is 21.6 Å². The van der Waals surface area contributed by atoms with Gasteiger partial charge in [0.25, 0.3) is 0 Å². The van der Waals surface area contributed by atoms with E-state index in [4.69, 9.17) is 0 Å². The van der Waals surface area contributed by atoms with E-state index in [0.29, 0.717) is 6.54 Å². The predicted molar refractivity (Wildman–Crippen MR) is 88.0 cm³/mol. The Morgan fingerprint density at radius 1 is 1.24 bits per heavy atom. The number of aromatic nitrogens is 3. The monoisotopic (exact) mass is 342 g/mol. The molecule has 0 amide bonds. The van der Waals surface area contributed by atoms with Gasteiger partial charge in [0, 0.05) is 40.2 Å². The van der Waals surface area contributed by atoms with Gasteiger partial charge in [-0.25, -0.2) is 0 Å². The SMILES string of the molecule is Cc1cc(Br)ccc1NCc1cn[nH]c1-c1cccnc1. The van der Waals surface area contributed by atoms with Gasteiger partial charge in [0.1, 0.15) is 0 Å². The first kappa shape index (κ1) is 13.8. The fourth-order valence-electron chi connectivity index (χ4n) is 2.22. The molecule has 0 saturated carbocycles. The Kier molecular flexibility index (Phi) is 4.01. The molecule has 5 heteroatoms. The van der Waals surface area contributed by atoms with Crippen molar-refractivity contribution in [2.75, 3.05) is 5.32 Å². The van der Waals surface area contributed by atoms with E-state index in [1.807, 2.05) is 30.6 Å². The minimum absolute atomic E-state index is 0.712. The summed E-state index contributed by atoms with van der Waals surface area (Å²) >= 11 is 3.48. The minimum atomic E-state index is 0.712. The van der Waals surface area contributed by atoms with Gasteiger partial charge >= 0.3 is 0 Å². The van der Waals surface area contributed by atoms with E-state index in [2.05, 4.69) is 55.5 Å². The van der Waals surface area contributed by atoms with Crippen molar-refractivity contribution in [3.63, 3.8) is 0 Å². The fraction of sp³-hybridized carbons (Fsp3) is 0.125. The maximum atomic E-state index is 4.15. The van der Waals surface area contributed by atoms with Crippen LogP contribution in [0.1, 0.15) is 11.1 Å². The summed E-state index contributed by atoms with van der Waals surface area (Å²) in [5.74, 6) is 0. The molecule has 0 aliphatic rings. The third-order valence-electron chi connectivity index (χ3n) is 3.33. The van der Waals surface area contributed by atoms with Gasteiger partial charge in [0.15, 0.2) is 0 Å². The van der Waals surface area contributed by atoms with Gasteiger partial charge in [0.05, 0.1) is 11.9 Å². The molecule has 0 spiro atoms. The van der Waals surface area contributed by atoms with Crippen LogP contribution in [-0.4, -0.2) is 15.2 Å². The van der Waals surface area contributed by atoms with Crippen LogP contribution >= 0.6 is 15.9 Å². The molecule has 0 fully saturated rings. The van der Waals surface area contributed by atoms with E-state index in [0.717, 1.165) is 27.0 Å². The Bertz CT molecular complexity index is 737. The molecule has 0 bridgehead atoms. The largest absolute Gasteiger partial charge is 0.381 e. The zero-order chi connectivity index (χ0) is 14.7. The van der Waals surface area contributed by atoms with Gasteiger partial charge in [-0.1, -0.05) is 15.9 Å². The first-order valence-electron chi connectivity index (χ1n) is 6.67. The lowest BCUT2D eigenvalue weighted by molar-refractivity contribution is 1.09. The predicted octanol–water partition coefficient (Wildman–Crippen LogP) is 4.15. The van der Waals surface area contributed by atoms with Crippen molar-refractivity contribution in [1.29, 1.82) is 0 Å². The number of rotatable bonds is 4. The zero-order valence-electron chi connectivity index (χ0n) is 11.6. The Balaban J connectivity index is 1.79. The van der Waals surface area contributed by atoms with E-state index >= 15 is 0 Å². The Morgan fingerprint density at radius 3 is 2.90 bits per heavy atom. The van der Waals surface area contributed by atoms with Gasteiger partial charge in [-0.2, -0.15) is 5.10 Å². The summed E-state index contributed by atoms with van der Waals surface area (Å²) in [5.41, 5.74) is 5.49. The molecule has 21 heavy (non-hydrogen) atoms. The van der Waals surface area contributed by atoms with E-state index in [-0.39, 0.29) is 0 Å². The second-order valence-electron chi connectivity index (χ2n) is 4.82. The van der Waals surface area contributed by atoms with Crippen molar-refractivity contribution in [1.82, 2.24) is 15.2 Å². The molecular formula is C16H15BrN4. The molecular weight excluding hydrogens is 328 g/mol. The van der Waals surface area contributed by atoms with Crippen LogP contribution in [0.15, 0.2) is 53.4 Å². The molecule has 0 saturated heterocycles. The minimum Gasteiger partial charge on any atom is -0.381 e. The summed E-state index contributed by atoms with van der Waals surface area (Å²) in [6.45, 7) is 2.80. The Labute approximate surface area is 131 Å². The van der Waals surface area contributed by atoms with Crippen molar-refractivity contribution < 1.29 is 0 Å². The zero-order valence-corrected chi connectivity index (χ0v) is 13.2. The van der Waals surface area contributed by atoms with Crippen LogP contribution in [0.4, 0.5) is 5.69 Å². The Morgan fingerprint density at radius 2 is 2.14 bits per heavy atom. The lowest BCUT2D eigenvalue weighted by atomic mass is 10.1. The van der Waals surface area contributed by atoms with Crippen LogP contribution in [0.25, 0.3) is 11.3 Å². The summed E-state index contributed by atoms with van der Waals surface area (Å²) in [6, 6.07) is 10.1. The van der Waals surface area contributed by atoms with E-state index < -0.39 is 0 Å². The van der Waals surface area contributed by atoms with E-state index in [9.17, 15) is 0 Å². The highest BCUT2D eigenvalue weighted by Crippen LogP contribution is 2.23. The molecule has 0 aliphatic heterocycles. The number of nitrogens with zero attached hydrogens (tertiary/aromatic N) is 2. The first-order valence-corrected chi connectivity index (χ1v) is 7.46. The summed E-state index contributed by atoms with van der Waals surface area (Å²) in [5, 5.41) is 10.6. The number of aryl methyl sites for hydroxylation is 1. The molecule has 2 heterocycles. The normalized spacial score (nSPS) is 10.6. The number of pyridine rings is 1. The number of benzene rings is 1. The maximum absolute atomic E-state index is 4.15. The molecule has 2 N–H and O–H groups in total. The second kappa shape index (κ2) is 6.10. The van der Waals surface area contributed by atoms with Crippen LogP contribution < -0.4 is 5.32 Å². The molecule has 3 rings (SSSR count). The average molecular weight is 343 g/mol.